The first-order valence-electron chi connectivity index (χ1n) is 8.99. The molecular formula is C20H22FN5OS. The molecule has 0 aliphatic carbocycles. The number of halogens is 1. The van der Waals surface area contributed by atoms with E-state index in [1.54, 1.807) is 12.1 Å². The van der Waals surface area contributed by atoms with Gasteiger partial charge in [-0.2, -0.15) is 0 Å². The number of nitrogen functional groups attached to an aromatic ring is 1. The summed E-state index contributed by atoms with van der Waals surface area (Å²) in [6, 6.07) is 16.2. The average molecular weight is 399 g/mol. The van der Waals surface area contributed by atoms with Gasteiger partial charge in [0.2, 0.25) is 11.1 Å². The zero-order valence-electron chi connectivity index (χ0n) is 15.3. The number of nitrogens with zero attached hydrogens (tertiary/aromatic N) is 3. The number of carbonyl (C=O) groups is 1. The Morgan fingerprint density at radius 2 is 1.79 bits per heavy atom. The van der Waals surface area contributed by atoms with E-state index in [0.717, 1.165) is 12.0 Å². The number of thioether (sulfide) groups is 1. The highest BCUT2D eigenvalue weighted by Gasteiger charge is 2.11. The molecule has 0 fully saturated rings. The first-order chi connectivity index (χ1) is 13.6. The molecule has 0 atom stereocenters. The number of benzene rings is 2. The lowest BCUT2D eigenvalue weighted by molar-refractivity contribution is -0.120. The van der Waals surface area contributed by atoms with Crippen molar-refractivity contribution in [2.75, 3.05) is 11.6 Å². The topological polar surface area (TPSA) is 85.8 Å². The van der Waals surface area contributed by atoms with Crippen molar-refractivity contribution >= 4 is 17.7 Å². The van der Waals surface area contributed by atoms with Crippen LogP contribution in [0.15, 0.2) is 59.8 Å². The standard InChI is InChI=1S/C20H22FN5OS/c21-17-9-6-16(7-10-17)14-23-19(27)12-13-28-20-25-24-18(26(20)22)11-8-15-4-2-1-3-5-15/h1-7,9-10H,8,11-14,22H2,(H,23,27). The Morgan fingerprint density at radius 1 is 1.04 bits per heavy atom. The molecule has 28 heavy (non-hydrogen) atoms. The van der Waals surface area contributed by atoms with Gasteiger partial charge in [0.25, 0.3) is 0 Å². The van der Waals surface area contributed by atoms with Crippen molar-refractivity contribution in [3.05, 3.63) is 77.4 Å². The van der Waals surface area contributed by atoms with E-state index in [4.69, 9.17) is 5.84 Å². The third kappa shape index (κ3) is 5.82. The van der Waals surface area contributed by atoms with Crippen LogP contribution >= 0.6 is 11.8 Å². The second-order valence-corrected chi connectivity index (χ2v) is 7.32. The molecule has 3 aromatic rings. The zero-order chi connectivity index (χ0) is 19.8. The summed E-state index contributed by atoms with van der Waals surface area (Å²) in [5.74, 6) is 6.96. The third-order valence-corrected chi connectivity index (χ3v) is 5.12. The molecule has 0 unspecified atom stereocenters. The van der Waals surface area contributed by atoms with Gasteiger partial charge in [-0.15, -0.1) is 10.2 Å². The lowest BCUT2D eigenvalue weighted by atomic mass is 10.1. The highest BCUT2D eigenvalue weighted by atomic mass is 32.2. The van der Waals surface area contributed by atoms with Crippen molar-refractivity contribution in [1.29, 1.82) is 0 Å². The van der Waals surface area contributed by atoms with Crippen LogP contribution in [-0.2, 0) is 24.2 Å². The van der Waals surface area contributed by atoms with Gasteiger partial charge in [0.05, 0.1) is 0 Å². The average Bonchev–Trinajstić information content (AvgIpc) is 3.06. The highest BCUT2D eigenvalue weighted by molar-refractivity contribution is 7.99. The van der Waals surface area contributed by atoms with Crippen molar-refractivity contribution < 1.29 is 9.18 Å². The van der Waals surface area contributed by atoms with Crippen molar-refractivity contribution in [3.63, 3.8) is 0 Å². The van der Waals surface area contributed by atoms with Crippen molar-refractivity contribution in [2.45, 2.75) is 31.0 Å². The minimum atomic E-state index is -0.291. The molecule has 6 nitrogen and oxygen atoms in total. The Kier molecular flexibility index (Phi) is 7.02. The van der Waals surface area contributed by atoms with Crippen LogP contribution in [0.4, 0.5) is 4.39 Å². The molecule has 3 N–H and O–H groups in total. The molecule has 2 aromatic carbocycles. The quantitative estimate of drug-likeness (QED) is 0.427. The summed E-state index contributed by atoms with van der Waals surface area (Å²) in [5.41, 5.74) is 2.07. The van der Waals surface area contributed by atoms with Crippen LogP contribution in [0.5, 0.6) is 0 Å². The second-order valence-electron chi connectivity index (χ2n) is 6.26. The van der Waals surface area contributed by atoms with Gasteiger partial charge >= 0.3 is 0 Å². The molecule has 0 aliphatic rings. The summed E-state index contributed by atoms with van der Waals surface area (Å²) in [6.07, 6.45) is 1.87. The molecule has 146 valence electrons. The number of nitrogens with one attached hydrogen (secondary N) is 1. The van der Waals surface area contributed by atoms with Crippen LogP contribution < -0.4 is 11.2 Å². The summed E-state index contributed by atoms with van der Waals surface area (Å²) < 4.78 is 14.4. The number of nitrogens with two attached hydrogens (primary N) is 1. The minimum absolute atomic E-state index is 0.0794. The van der Waals surface area contributed by atoms with Crippen molar-refractivity contribution in [3.8, 4) is 0 Å². The van der Waals surface area contributed by atoms with E-state index in [2.05, 4.69) is 27.6 Å². The third-order valence-electron chi connectivity index (χ3n) is 4.18. The molecule has 3 rings (SSSR count). The minimum Gasteiger partial charge on any atom is -0.352 e. The largest absolute Gasteiger partial charge is 0.352 e. The molecule has 1 amide bonds. The van der Waals surface area contributed by atoms with Gasteiger partial charge in [-0.3, -0.25) is 4.79 Å². The van der Waals surface area contributed by atoms with E-state index in [9.17, 15) is 9.18 Å². The van der Waals surface area contributed by atoms with Crippen LogP contribution in [0, 0.1) is 5.82 Å². The summed E-state index contributed by atoms with van der Waals surface area (Å²) in [6.45, 7) is 0.375. The first kappa shape index (κ1) is 19.9. The normalized spacial score (nSPS) is 10.8. The summed E-state index contributed by atoms with van der Waals surface area (Å²) in [4.78, 5) is 12.0. The van der Waals surface area contributed by atoms with Gasteiger partial charge in [0.1, 0.15) is 5.82 Å². The molecule has 8 heteroatoms. The number of hydrogen-bond donors (Lipinski definition) is 2. The fourth-order valence-electron chi connectivity index (χ4n) is 2.60. The number of carbonyl (C=O) groups excluding carboxylic acids is 1. The Balaban J connectivity index is 1.40. The zero-order valence-corrected chi connectivity index (χ0v) is 16.2. The Hall–Kier alpha value is -2.87. The number of amides is 1. The Morgan fingerprint density at radius 3 is 2.54 bits per heavy atom. The SMILES string of the molecule is Nn1c(CCc2ccccc2)nnc1SCCC(=O)NCc1ccc(F)cc1. The molecule has 0 bridgehead atoms. The highest BCUT2D eigenvalue weighted by Crippen LogP contribution is 2.16. The van der Waals surface area contributed by atoms with E-state index in [0.29, 0.717) is 36.1 Å². The van der Waals surface area contributed by atoms with Crippen LogP contribution in [0.3, 0.4) is 0 Å². The molecule has 0 spiro atoms. The fourth-order valence-corrected chi connectivity index (χ4v) is 3.42. The second kappa shape index (κ2) is 9.89. The maximum absolute atomic E-state index is 12.9. The van der Waals surface area contributed by atoms with Crippen LogP contribution in [0.25, 0.3) is 0 Å². The molecule has 0 radical (unpaired) electrons. The van der Waals surface area contributed by atoms with Gasteiger partial charge in [-0.05, 0) is 29.7 Å². The van der Waals surface area contributed by atoms with E-state index in [1.807, 2.05) is 18.2 Å². The number of hydrogen-bond acceptors (Lipinski definition) is 5. The smallest absolute Gasteiger partial charge is 0.221 e. The van der Waals surface area contributed by atoms with Gasteiger partial charge < -0.3 is 11.2 Å². The predicted octanol–water partition coefficient (Wildman–Crippen LogP) is 2.71. The Labute approximate surface area is 167 Å². The Bertz CT molecular complexity index is 899. The lowest BCUT2D eigenvalue weighted by Gasteiger charge is -2.06. The maximum atomic E-state index is 12.9. The monoisotopic (exact) mass is 399 g/mol. The lowest BCUT2D eigenvalue weighted by Crippen LogP contribution is -2.23. The van der Waals surface area contributed by atoms with Crippen LogP contribution in [0.2, 0.25) is 0 Å². The first-order valence-corrected chi connectivity index (χ1v) is 9.97. The van der Waals surface area contributed by atoms with E-state index < -0.39 is 0 Å². The summed E-state index contributed by atoms with van der Waals surface area (Å²) in [5, 5.41) is 11.7. The van der Waals surface area contributed by atoms with Crippen molar-refractivity contribution in [2.24, 2.45) is 0 Å². The van der Waals surface area contributed by atoms with Gasteiger partial charge in [-0.1, -0.05) is 54.2 Å². The van der Waals surface area contributed by atoms with E-state index >= 15 is 0 Å². The van der Waals surface area contributed by atoms with Crippen molar-refractivity contribution in [1.82, 2.24) is 20.2 Å². The maximum Gasteiger partial charge on any atom is 0.221 e. The number of rotatable bonds is 9. The molecule has 0 saturated carbocycles. The number of aryl methyl sites for hydroxylation is 2. The molecule has 0 saturated heterocycles. The summed E-state index contributed by atoms with van der Waals surface area (Å²) in [7, 11) is 0. The molecule has 1 heterocycles. The van der Waals surface area contributed by atoms with Gasteiger partial charge in [-0.25, -0.2) is 9.07 Å². The van der Waals surface area contributed by atoms with Gasteiger partial charge in [0.15, 0.2) is 5.82 Å². The summed E-state index contributed by atoms with van der Waals surface area (Å²) >= 11 is 1.40. The molecular weight excluding hydrogens is 377 g/mol. The van der Waals surface area contributed by atoms with Crippen LogP contribution in [-0.4, -0.2) is 26.5 Å². The number of aromatic nitrogens is 3. The van der Waals surface area contributed by atoms with Crippen LogP contribution in [0.1, 0.15) is 23.4 Å². The molecule has 1 aromatic heterocycles. The molecule has 0 aliphatic heterocycles. The fraction of sp³-hybridized carbons (Fsp3) is 0.250. The van der Waals surface area contributed by atoms with E-state index in [-0.39, 0.29) is 11.7 Å². The van der Waals surface area contributed by atoms with Gasteiger partial charge in [0, 0.05) is 25.1 Å². The predicted molar refractivity (Wildman–Crippen MR) is 108 cm³/mol. The van der Waals surface area contributed by atoms with E-state index in [1.165, 1.54) is 34.1 Å².